The summed E-state index contributed by atoms with van der Waals surface area (Å²) in [6, 6.07) is 13.1. The van der Waals surface area contributed by atoms with Gasteiger partial charge >= 0.3 is 0 Å². The molecule has 140 valence electrons. The van der Waals surface area contributed by atoms with Gasteiger partial charge in [0.1, 0.15) is 5.82 Å². The van der Waals surface area contributed by atoms with Crippen LogP contribution in [0.25, 0.3) is 0 Å². The lowest BCUT2D eigenvalue weighted by atomic mass is 10.2. The largest absolute Gasteiger partial charge is 0.390 e. The first kappa shape index (κ1) is 19.4. The number of hydrogen-bond acceptors (Lipinski definition) is 4. The highest BCUT2D eigenvalue weighted by molar-refractivity contribution is 7.99. The third-order valence-corrected chi connectivity index (χ3v) is 4.88. The average Bonchev–Trinajstić information content (AvgIpc) is 3.04. The number of aliphatic hydroxyl groups is 1. The minimum atomic E-state index is -0.298. The normalized spacial score (nSPS) is 10.8. The van der Waals surface area contributed by atoms with Gasteiger partial charge in [-0.2, -0.15) is 0 Å². The fourth-order valence-corrected chi connectivity index (χ4v) is 3.42. The predicted molar refractivity (Wildman–Crippen MR) is 104 cm³/mol. The van der Waals surface area contributed by atoms with Gasteiger partial charge in [0.2, 0.25) is 5.91 Å². The monoisotopic (exact) mass is 405 g/mol. The van der Waals surface area contributed by atoms with Gasteiger partial charge in [0.15, 0.2) is 5.16 Å². The molecule has 0 saturated carbocycles. The van der Waals surface area contributed by atoms with Crippen LogP contribution in [0.1, 0.15) is 11.3 Å². The molecule has 1 amide bonds. The highest BCUT2D eigenvalue weighted by atomic mass is 35.5. The van der Waals surface area contributed by atoms with E-state index in [1.165, 1.54) is 23.9 Å². The summed E-state index contributed by atoms with van der Waals surface area (Å²) in [5, 5.41) is 13.3. The van der Waals surface area contributed by atoms with Crippen LogP contribution in [0.4, 0.5) is 10.1 Å². The molecule has 3 aromatic rings. The second-order valence-electron chi connectivity index (χ2n) is 5.77. The van der Waals surface area contributed by atoms with Gasteiger partial charge < -0.3 is 15.0 Å². The molecule has 3 rings (SSSR count). The number of nitrogens with zero attached hydrogens (tertiary/aromatic N) is 2. The quantitative estimate of drug-likeness (QED) is 0.584. The Morgan fingerprint density at radius 3 is 2.74 bits per heavy atom. The third-order valence-electron chi connectivity index (χ3n) is 3.66. The summed E-state index contributed by atoms with van der Waals surface area (Å²) in [4.78, 5) is 16.5. The van der Waals surface area contributed by atoms with Crippen molar-refractivity contribution in [2.45, 2.75) is 18.3 Å². The Hall–Kier alpha value is -2.35. The molecule has 0 spiro atoms. The Labute approximate surface area is 165 Å². The zero-order chi connectivity index (χ0) is 19.2. The van der Waals surface area contributed by atoms with Gasteiger partial charge in [-0.3, -0.25) is 4.79 Å². The Morgan fingerprint density at radius 1 is 1.26 bits per heavy atom. The molecule has 2 aromatic carbocycles. The first-order chi connectivity index (χ1) is 13.0. The van der Waals surface area contributed by atoms with Crippen LogP contribution in [0, 0.1) is 5.82 Å². The molecule has 0 aliphatic heterocycles. The van der Waals surface area contributed by atoms with Gasteiger partial charge in [-0.1, -0.05) is 41.6 Å². The number of benzene rings is 2. The van der Waals surface area contributed by atoms with Gasteiger partial charge in [-0.25, -0.2) is 9.37 Å². The fraction of sp³-hybridized carbons (Fsp3) is 0.158. The van der Waals surface area contributed by atoms with Crippen molar-refractivity contribution in [1.29, 1.82) is 0 Å². The van der Waals surface area contributed by atoms with Crippen molar-refractivity contribution in [3.63, 3.8) is 0 Å². The van der Waals surface area contributed by atoms with Gasteiger partial charge in [-0.15, -0.1) is 0 Å². The molecule has 2 N–H and O–H groups in total. The number of carbonyl (C=O) groups excluding carboxylic acids is 1. The van der Waals surface area contributed by atoms with E-state index in [4.69, 9.17) is 11.6 Å². The second kappa shape index (κ2) is 9.03. The van der Waals surface area contributed by atoms with E-state index in [-0.39, 0.29) is 24.1 Å². The number of carbonyl (C=O) groups is 1. The summed E-state index contributed by atoms with van der Waals surface area (Å²) in [7, 11) is 0. The summed E-state index contributed by atoms with van der Waals surface area (Å²) in [6.45, 7) is 0.268. The Balaban J connectivity index is 1.66. The van der Waals surface area contributed by atoms with E-state index in [9.17, 15) is 14.3 Å². The number of aliphatic hydroxyl groups excluding tert-OH is 1. The van der Waals surface area contributed by atoms with Crippen LogP contribution >= 0.6 is 23.4 Å². The predicted octanol–water partition coefficient (Wildman–Crippen LogP) is 3.95. The minimum absolute atomic E-state index is 0.151. The van der Waals surface area contributed by atoms with Crippen molar-refractivity contribution in [2.75, 3.05) is 11.1 Å². The number of hydrogen-bond donors (Lipinski definition) is 2. The van der Waals surface area contributed by atoms with Gasteiger partial charge in [-0.05, 0) is 35.9 Å². The maximum atomic E-state index is 13.1. The number of thioether (sulfide) groups is 1. The van der Waals surface area contributed by atoms with Crippen molar-refractivity contribution in [3.8, 4) is 0 Å². The Bertz CT molecular complexity index is 931. The molecule has 0 saturated heterocycles. The van der Waals surface area contributed by atoms with Crippen LogP contribution in [0.2, 0.25) is 5.02 Å². The summed E-state index contributed by atoms with van der Waals surface area (Å²) in [5.74, 6) is -0.338. The van der Waals surface area contributed by atoms with E-state index in [1.807, 2.05) is 4.57 Å². The number of imidazole rings is 1. The van der Waals surface area contributed by atoms with Crippen LogP contribution in [0.15, 0.2) is 59.9 Å². The van der Waals surface area contributed by atoms with E-state index in [0.29, 0.717) is 28.1 Å². The summed E-state index contributed by atoms with van der Waals surface area (Å²) in [5.41, 5.74) is 2.03. The molecule has 8 heteroatoms. The van der Waals surface area contributed by atoms with Crippen molar-refractivity contribution in [1.82, 2.24) is 9.55 Å². The second-order valence-corrected chi connectivity index (χ2v) is 7.15. The van der Waals surface area contributed by atoms with E-state index >= 15 is 0 Å². The molecule has 0 aliphatic carbocycles. The minimum Gasteiger partial charge on any atom is -0.390 e. The zero-order valence-electron chi connectivity index (χ0n) is 14.2. The number of rotatable bonds is 7. The van der Waals surface area contributed by atoms with Gasteiger partial charge in [0.05, 0.1) is 18.1 Å². The Morgan fingerprint density at radius 2 is 2.04 bits per heavy atom. The Kier molecular flexibility index (Phi) is 6.49. The first-order valence-electron chi connectivity index (χ1n) is 8.13. The molecule has 1 aromatic heterocycles. The van der Waals surface area contributed by atoms with E-state index in [1.54, 1.807) is 42.6 Å². The molecular weight excluding hydrogens is 389 g/mol. The van der Waals surface area contributed by atoms with Crippen LogP contribution in [0.3, 0.4) is 0 Å². The zero-order valence-corrected chi connectivity index (χ0v) is 15.8. The van der Waals surface area contributed by atoms with Crippen LogP contribution < -0.4 is 5.32 Å². The van der Waals surface area contributed by atoms with Crippen LogP contribution in [-0.2, 0) is 17.9 Å². The number of anilines is 1. The van der Waals surface area contributed by atoms with E-state index in [0.717, 1.165) is 5.56 Å². The molecule has 27 heavy (non-hydrogen) atoms. The SMILES string of the molecule is O=C(CSc1nc(CO)cn1Cc1ccc(F)cc1)Nc1cccc(Cl)c1. The van der Waals surface area contributed by atoms with Crippen molar-refractivity contribution in [2.24, 2.45) is 0 Å². The van der Waals surface area contributed by atoms with Gasteiger partial charge in [0, 0.05) is 23.5 Å². The molecule has 0 atom stereocenters. The fourth-order valence-electron chi connectivity index (χ4n) is 2.44. The lowest BCUT2D eigenvalue weighted by Crippen LogP contribution is -2.14. The molecule has 0 unspecified atom stereocenters. The topological polar surface area (TPSA) is 67.1 Å². The summed E-state index contributed by atoms with van der Waals surface area (Å²) >= 11 is 7.17. The number of halogens is 2. The van der Waals surface area contributed by atoms with Crippen molar-refractivity contribution < 1.29 is 14.3 Å². The number of aromatic nitrogens is 2. The highest BCUT2D eigenvalue weighted by Crippen LogP contribution is 2.21. The first-order valence-corrected chi connectivity index (χ1v) is 9.49. The molecule has 0 aliphatic rings. The average molecular weight is 406 g/mol. The molecule has 1 heterocycles. The highest BCUT2D eigenvalue weighted by Gasteiger charge is 2.12. The summed E-state index contributed by atoms with van der Waals surface area (Å²) < 4.78 is 14.9. The lowest BCUT2D eigenvalue weighted by Gasteiger charge is -2.08. The van der Waals surface area contributed by atoms with Gasteiger partial charge in [0.25, 0.3) is 0 Å². The number of amides is 1. The van der Waals surface area contributed by atoms with Crippen LogP contribution in [0.5, 0.6) is 0 Å². The maximum Gasteiger partial charge on any atom is 0.234 e. The maximum absolute atomic E-state index is 13.1. The molecule has 0 fully saturated rings. The number of nitrogens with one attached hydrogen (secondary N) is 1. The molecule has 0 radical (unpaired) electrons. The van der Waals surface area contributed by atoms with E-state index in [2.05, 4.69) is 10.3 Å². The summed E-state index contributed by atoms with van der Waals surface area (Å²) in [6.07, 6.45) is 1.72. The molecule has 0 bridgehead atoms. The molecular formula is C19H17ClFN3O2S. The molecule has 5 nitrogen and oxygen atoms in total. The van der Waals surface area contributed by atoms with Crippen LogP contribution in [-0.4, -0.2) is 26.3 Å². The third kappa shape index (κ3) is 5.56. The smallest absolute Gasteiger partial charge is 0.234 e. The lowest BCUT2D eigenvalue weighted by molar-refractivity contribution is -0.113. The van der Waals surface area contributed by atoms with Crippen molar-refractivity contribution in [3.05, 3.63) is 76.8 Å². The standard InChI is InChI=1S/C19H17ClFN3O2S/c20-14-2-1-3-16(8-14)22-18(26)12-27-19-23-17(11-25)10-24(19)9-13-4-6-15(21)7-5-13/h1-8,10,25H,9,11-12H2,(H,22,26). The van der Waals surface area contributed by atoms with E-state index < -0.39 is 0 Å². The van der Waals surface area contributed by atoms with Crippen molar-refractivity contribution >= 4 is 35.0 Å².